The highest BCUT2D eigenvalue weighted by Crippen LogP contribution is 2.33. The molecule has 0 aliphatic carbocycles. The zero-order chi connectivity index (χ0) is 81.0. The summed E-state index contributed by atoms with van der Waals surface area (Å²) in [7, 11) is 0. The lowest BCUT2D eigenvalue weighted by atomic mass is 9.96. The number of amides is 1. The molecule has 12 N–H and O–H groups in total. The van der Waals surface area contributed by atoms with Crippen molar-refractivity contribution >= 4 is 5.91 Å². The van der Waals surface area contributed by atoms with E-state index >= 15 is 0 Å². The van der Waals surface area contributed by atoms with Gasteiger partial charge in [0.05, 0.1) is 38.6 Å². The lowest BCUT2D eigenvalue weighted by Crippen LogP contribution is -2.66. The van der Waals surface area contributed by atoms with Gasteiger partial charge in [0.15, 0.2) is 18.9 Å². The molecule has 0 saturated carbocycles. The molecule has 17 unspecified atom stereocenters. The summed E-state index contributed by atoms with van der Waals surface area (Å²) in [6.45, 7) is 1.63. The minimum Gasteiger partial charge on any atom is -0.394 e. The highest BCUT2D eigenvalue weighted by Gasteiger charge is 2.54. The van der Waals surface area contributed by atoms with Crippen molar-refractivity contribution < 1.29 is 89.4 Å². The van der Waals surface area contributed by atoms with Crippen LogP contribution in [0.15, 0.2) is 122 Å². The minimum atomic E-state index is -1.99. The molecule has 646 valence electrons. The highest BCUT2D eigenvalue weighted by atomic mass is 16.8. The van der Waals surface area contributed by atoms with Gasteiger partial charge in [-0.25, -0.2) is 0 Å². The first-order chi connectivity index (χ1) is 54.8. The van der Waals surface area contributed by atoms with Crippen LogP contribution in [0.5, 0.6) is 0 Å². The monoisotopic (exact) mass is 1580 g/mol. The first-order valence-electron chi connectivity index (χ1n) is 44.8. The molecule has 0 spiro atoms. The molecule has 3 fully saturated rings. The fourth-order valence-electron chi connectivity index (χ4n) is 14.4. The van der Waals surface area contributed by atoms with Gasteiger partial charge in [-0.2, -0.15) is 0 Å². The zero-order valence-corrected chi connectivity index (χ0v) is 69.6. The molecule has 112 heavy (non-hydrogen) atoms. The number of ether oxygens (including phenoxy) is 6. The Bertz CT molecular complexity index is 2500. The second-order valence-corrected chi connectivity index (χ2v) is 31.3. The SMILES string of the molecule is CC/C=C\C/C=C\C/C=C\C/C=C\C/C=C\C/C=C\C/C=C\CCCCCCCCCCCCCCCC(=O)NC(COC1OC(CO)C(OC2OC(CO)C(OC3OC(CO)C(O)C(O)C3O)C(O)C2O)C(O)C1O)C(O)/C=C/CC/C=C/CC/C=C/CCCCCCCCCCCCCCCCCCCCCCCC. The van der Waals surface area contributed by atoms with E-state index in [4.69, 9.17) is 28.4 Å². The van der Waals surface area contributed by atoms with Gasteiger partial charge in [-0.05, 0) is 103 Å². The smallest absolute Gasteiger partial charge is 0.220 e. The van der Waals surface area contributed by atoms with E-state index in [-0.39, 0.29) is 18.9 Å². The van der Waals surface area contributed by atoms with Crippen LogP contribution in [0.25, 0.3) is 0 Å². The van der Waals surface area contributed by atoms with Crippen LogP contribution in [-0.4, -0.2) is 193 Å². The van der Waals surface area contributed by atoms with E-state index in [0.717, 1.165) is 103 Å². The fraction of sp³-hybridized carbons (Fsp3) is 0.774. The number of aliphatic hydroxyl groups is 11. The largest absolute Gasteiger partial charge is 0.394 e. The van der Waals surface area contributed by atoms with E-state index < -0.39 is 124 Å². The second-order valence-electron chi connectivity index (χ2n) is 31.3. The number of unbranched alkanes of at least 4 members (excludes halogenated alkanes) is 37. The predicted octanol–water partition coefficient (Wildman–Crippen LogP) is 17.0. The Morgan fingerprint density at radius 2 is 0.625 bits per heavy atom. The maximum atomic E-state index is 13.5. The van der Waals surface area contributed by atoms with Crippen LogP contribution in [0.2, 0.25) is 0 Å². The first-order valence-corrected chi connectivity index (χ1v) is 44.8. The molecule has 0 aromatic rings. The normalized spacial score (nSPS) is 25.5. The van der Waals surface area contributed by atoms with Crippen molar-refractivity contribution in [3.05, 3.63) is 122 Å². The highest BCUT2D eigenvalue weighted by molar-refractivity contribution is 5.76. The summed E-state index contributed by atoms with van der Waals surface area (Å²) < 4.78 is 34.5. The van der Waals surface area contributed by atoms with Crippen molar-refractivity contribution in [3.63, 3.8) is 0 Å². The quantitative estimate of drug-likeness (QED) is 0.0199. The maximum Gasteiger partial charge on any atom is 0.220 e. The van der Waals surface area contributed by atoms with Gasteiger partial charge in [-0.1, -0.05) is 341 Å². The molecule has 0 aromatic carbocycles. The van der Waals surface area contributed by atoms with Crippen LogP contribution in [-0.2, 0) is 33.2 Å². The van der Waals surface area contributed by atoms with Crippen molar-refractivity contribution in [2.24, 2.45) is 0 Å². The summed E-state index contributed by atoms with van der Waals surface area (Å²) in [5.74, 6) is -0.292. The van der Waals surface area contributed by atoms with Gasteiger partial charge in [0.2, 0.25) is 5.91 Å². The summed E-state index contributed by atoms with van der Waals surface area (Å²) in [6, 6.07) is -1.01. The molecular weight excluding hydrogens is 1420 g/mol. The first kappa shape index (κ1) is 102. The van der Waals surface area contributed by atoms with Gasteiger partial charge in [0.1, 0.15) is 73.2 Å². The average Bonchev–Trinajstić information content (AvgIpc) is 0.782. The summed E-state index contributed by atoms with van der Waals surface area (Å²) in [5.41, 5.74) is 0. The number of carbonyl (C=O) groups excluding carboxylic acids is 1. The van der Waals surface area contributed by atoms with Crippen LogP contribution in [0.3, 0.4) is 0 Å². The molecule has 19 nitrogen and oxygen atoms in total. The van der Waals surface area contributed by atoms with Crippen molar-refractivity contribution in [2.45, 2.75) is 433 Å². The second kappa shape index (κ2) is 71.3. The molecule has 19 heteroatoms. The third-order valence-electron chi connectivity index (χ3n) is 21.5. The minimum absolute atomic E-state index is 0.224. The molecular formula is C93H161NO18. The maximum absolute atomic E-state index is 13.5. The third kappa shape index (κ3) is 49.4. The molecule has 0 aromatic heterocycles. The van der Waals surface area contributed by atoms with Gasteiger partial charge in [-0.3, -0.25) is 4.79 Å². The molecule has 17 atom stereocenters. The molecule has 3 rings (SSSR count). The topological polar surface area (TPSA) is 307 Å². The van der Waals surface area contributed by atoms with Crippen LogP contribution in [0, 0.1) is 0 Å². The van der Waals surface area contributed by atoms with E-state index in [0.29, 0.717) is 12.8 Å². The van der Waals surface area contributed by atoms with Crippen molar-refractivity contribution in [2.75, 3.05) is 26.4 Å². The lowest BCUT2D eigenvalue weighted by molar-refractivity contribution is -0.379. The van der Waals surface area contributed by atoms with Crippen LogP contribution < -0.4 is 5.32 Å². The van der Waals surface area contributed by atoms with Crippen LogP contribution in [0.4, 0.5) is 0 Å². The van der Waals surface area contributed by atoms with Crippen molar-refractivity contribution in [3.8, 4) is 0 Å². The number of nitrogens with one attached hydrogen (secondary N) is 1. The molecule has 3 aliphatic rings. The van der Waals surface area contributed by atoms with E-state index in [1.807, 2.05) is 6.08 Å². The lowest BCUT2D eigenvalue weighted by Gasteiger charge is -2.48. The van der Waals surface area contributed by atoms with Crippen molar-refractivity contribution in [1.82, 2.24) is 5.32 Å². The van der Waals surface area contributed by atoms with Crippen molar-refractivity contribution in [1.29, 1.82) is 0 Å². The summed E-state index contributed by atoms with van der Waals surface area (Å²) in [6.07, 6.45) is 74.9. The molecule has 3 aliphatic heterocycles. The van der Waals surface area contributed by atoms with E-state index in [1.165, 1.54) is 193 Å². The molecule has 1 amide bonds. The van der Waals surface area contributed by atoms with Crippen LogP contribution >= 0.6 is 0 Å². The summed E-state index contributed by atoms with van der Waals surface area (Å²) in [4.78, 5) is 13.5. The predicted molar refractivity (Wildman–Crippen MR) is 452 cm³/mol. The molecule has 0 radical (unpaired) electrons. The van der Waals surface area contributed by atoms with E-state index in [2.05, 4.69) is 129 Å². The van der Waals surface area contributed by atoms with Gasteiger partial charge >= 0.3 is 0 Å². The number of hydrogen-bond donors (Lipinski definition) is 12. The Morgan fingerprint density at radius 3 is 1.00 bits per heavy atom. The molecule has 3 heterocycles. The molecule has 0 bridgehead atoms. The Kier molecular flexibility index (Phi) is 65.2. The number of aliphatic hydroxyl groups excluding tert-OH is 11. The van der Waals surface area contributed by atoms with E-state index in [1.54, 1.807) is 6.08 Å². The van der Waals surface area contributed by atoms with Gasteiger partial charge in [0.25, 0.3) is 0 Å². The zero-order valence-electron chi connectivity index (χ0n) is 69.6. The fourth-order valence-corrected chi connectivity index (χ4v) is 14.4. The Labute approximate surface area is 678 Å². The van der Waals surface area contributed by atoms with Gasteiger partial charge in [0, 0.05) is 6.42 Å². The number of rotatable bonds is 71. The average molecular weight is 1580 g/mol. The Balaban J connectivity index is 1.35. The van der Waals surface area contributed by atoms with E-state index in [9.17, 15) is 61.0 Å². The Hall–Kier alpha value is -3.81. The number of allylic oxidation sites excluding steroid dienone is 19. The van der Waals surface area contributed by atoms with Crippen LogP contribution in [0.1, 0.15) is 328 Å². The van der Waals surface area contributed by atoms with Gasteiger partial charge in [-0.15, -0.1) is 0 Å². The van der Waals surface area contributed by atoms with Gasteiger partial charge < -0.3 is 89.9 Å². The summed E-state index contributed by atoms with van der Waals surface area (Å²) >= 11 is 0. The number of carbonyl (C=O) groups is 1. The summed E-state index contributed by atoms with van der Waals surface area (Å²) in [5, 5.41) is 121. The molecule has 3 saturated heterocycles. The standard InChI is InChI=1S/C93H161NO18/c1-3-5-7-9-11-13-15-17-19-21-23-25-27-29-31-33-35-37-38-39-41-43-45-47-49-51-53-55-57-59-61-63-65-67-69-71-81(99)94-76(77(98)70-68-66-64-62-60-58-56-54-52-50-48-46-44-42-40-36-34-32-30-28-26-24-22-20-18-16-14-12-10-8-6-4-2)75-107-91-87(105)84(102)89(79(73-96)109-91)112-93-88(106)85(103)90(80(74-97)110-93)111-92-86(104)83(101)82(100)78(72-95)108-92/h5,7,11,13,17,19,23,25,29,31,35,37,39,41,52,54,60,62,68,70,76-80,82-93,95-98,100-106H,3-4,6,8-10,12,14-16,18,20-22,24,26-28,30,32-34,36,38,40,42-51,53,55-59,61,63-67,69,71-75H2,1-2H3,(H,94,99)/b7-5-,13-11-,19-17-,25-23-,31-29-,37-35-,41-39-,54-52+,62-60+,70-68+. The third-order valence-corrected chi connectivity index (χ3v) is 21.5. The Morgan fingerprint density at radius 1 is 0.330 bits per heavy atom. The number of hydrogen-bond acceptors (Lipinski definition) is 18.